The van der Waals surface area contributed by atoms with Crippen LogP contribution in [0.25, 0.3) is 0 Å². The lowest BCUT2D eigenvalue weighted by molar-refractivity contribution is -0.159. The molecule has 1 heterocycles. The highest BCUT2D eigenvalue weighted by molar-refractivity contribution is 7.89. The van der Waals surface area contributed by atoms with E-state index >= 15 is 0 Å². The van der Waals surface area contributed by atoms with Gasteiger partial charge in [-0.05, 0) is 18.2 Å². The summed E-state index contributed by atoms with van der Waals surface area (Å²) in [5.41, 5.74) is 1.12. The minimum atomic E-state index is -3.39. The third-order valence-corrected chi connectivity index (χ3v) is 6.39. The lowest BCUT2D eigenvalue weighted by Crippen LogP contribution is -2.48. The second-order valence-electron chi connectivity index (χ2n) is 6.42. The molecule has 2 aromatic rings. The average Bonchev–Trinajstić information content (AvgIpc) is 2.75. The van der Waals surface area contributed by atoms with E-state index in [9.17, 15) is 8.42 Å². The highest BCUT2D eigenvalue weighted by Gasteiger charge is 2.28. The Morgan fingerprint density at radius 3 is 1.97 bits per heavy atom. The van der Waals surface area contributed by atoms with E-state index in [4.69, 9.17) is 24.5 Å². The van der Waals surface area contributed by atoms with Gasteiger partial charge in [0.1, 0.15) is 5.75 Å². The fourth-order valence-electron chi connectivity index (χ4n) is 2.94. The Labute approximate surface area is 175 Å². The van der Waals surface area contributed by atoms with Crippen molar-refractivity contribution in [2.75, 3.05) is 33.3 Å². The molecule has 0 aromatic heterocycles. The van der Waals surface area contributed by atoms with Crippen molar-refractivity contribution in [3.63, 3.8) is 0 Å². The SMILES string of the molecule is COc1ccccc1CN1CCN(S(=O)(=O)c2ccccc2)CC1.O=C(O)C(=O)O. The van der Waals surface area contributed by atoms with Crippen LogP contribution in [-0.4, -0.2) is 73.1 Å². The number of benzene rings is 2. The zero-order valence-corrected chi connectivity index (χ0v) is 17.3. The van der Waals surface area contributed by atoms with Crippen LogP contribution >= 0.6 is 0 Å². The van der Waals surface area contributed by atoms with E-state index in [1.807, 2.05) is 30.3 Å². The van der Waals surface area contributed by atoms with Crippen molar-refractivity contribution >= 4 is 22.0 Å². The number of hydrogen-bond acceptors (Lipinski definition) is 6. The number of methoxy groups -OCH3 is 1. The maximum atomic E-state index is 12.6. The monoisotopic (exact) mass is 436 g/mol. The van der Waals surface area contributed by atoms with Gasteiger partial charge in [0.25, 0.3) is 0 Å². The molecule has 30 heavy (non-hydrogen) atoms. The summed E-state index contributed by atoms with van der Waals surface area (Å²) >= 11 is 0. The first kappa shape index (κ1) is 23.3. The normalized spacial score (nSPS) is 15.0. The molecule has 1 aliphatic heterocycles. The van der Waals surface area contributed by atoms with Crippen LogP contribution in [-0.2, 0) is 26.2 Å². The van der Waals surface area contributed by atoms with Crippen LogP contribution in [0.1, 0.15) is 5.56 Å². The molecular weight excluding hydrogens is 412 g/mol. The Balaban J connectivity index is 0.000000469. The number of hydrogen-bond donors (Lipinski definition) is 2. The minimum Gasteiger partial charge on any atom is -0.496 e. The number of carboxylic acid groups (broad SMARTS) is 2. The summed E-state index contributed by atoms with van der Waals surface area (Å²) in [4.78, 5) is 20.8. The van der Waals surface area contributed by atoms with Gasteiger partial charge in [-0.25, -0.2) is 18.0 Å². The molecular formula is C20H24N2O7S. The molecule has 1 fully saturated rings. The Bertz CT molecular complexity index is 944. The summed E-state index contributed by atoms with van der Waals surface area (Å²) in [6, 6.07) is 16.6. The predicted octanol–water partition coefficient (Wildman–Crippen LogP) is 1.36. The molecule has 1 saturated heterocycles. The number of para-hydroxylation sites is 1. The van der Waals surface area contributed by atoms with Gasteiger partial charge in [-0.1, -0.05) is 36.4 Å². The third kappa shape index (κ3) is 6.28. The molecule has 0 amide bonds. The molecule has 1 aliphatic rings. The van der Waals surface area contributed by atoms with E-state index in [1.165, 1.54) is 0 Å². The zero-order valence-electron chi connectivity index (χ0n) is 16.5. The molecule has 9 nitrogen and oxygen atoms in total. The maximum Gasteiger partial charge on any atom is 0.414 e. The van der Waals surface area contributed by atoms with Crippen molar-refractivity contribution in [2.45, 2.75) is 11.4 Å². The van der Waals surface area contributed by atoms with Gasteiger partial charge in [0.05, 0.1) is 12.0 Å². The van der Waals surface area contributed by atoms with Gasteiger partial charge in [-0.2, -0.15) is 4.31 Å². The molecule has 0 spiro atoms. The fourth-order valence-corrected chi connectivity index (χ4v) is 4.39. The quantitative estimate of drug-likeness (QED) is 0.673. The van der Waals surface area contributed by atoms with Crippen molar-refractivity contribution in [1.29, 1.82) is 0 Å². The van der Waals surface area contributed by atoms with Gasteiger partial charge in [-0.15, -0.1) is 0 Å². The van der Waals surface area contributed by atoms with E-state index < -0.39 is 22.0 Å². The summed E-state index contributed by atoms with van der Waals surface area (Å²) in [5.74, 6) is -2.78. The molecule has 3 rings (SSSR count). The predicted molar refractivity (Wildman–Crippen MR) is 109 cm³/mol. The van der Waals surface area contributed by atoms with E-state index in [0.717, 1.165) is 17.9 Å². The number of sulfonamides is 1. The summed E-state index contributed by atoms with van der Waals surface area (Å²) < 4.78 is 32.2. The van der Waals surface area contributed by atoms with Crippen LogP contribution in [0.2, 0.25) is 0 Å². The van der Waals surface area contributed by atoms with Crippen LogP contribution in [0.5, 0.6) is 5.75 Å². The van der Waals surface area contributed by atoms with Gasteiger partial charge in [0.15, 0.2) is 0 Å². The van der Waals surface area contributed by atoms with Crippen molar-refractivity contribution in [2.24, 2.45) is 0 Å². The Hall–Kier alpha value is -2.95. The maximum absolute atomic E-state index is 12.6. The van der Waals surface area contributed by atoms with Gasteiger partial charge in [-0.3, -0.25) is 4.90 Å². The number of aliphatic carboxylic acids is 2. The van der Waals surface area contributed by atoms with Crippen molar-refractivity contribution in [3.05, 3.63) is 60.2 Å². The van der Waals surface area contributed by atoms with Crippen LogP contribution in [0.15, 0.2) is 59.5 Å². The first-order valence-electron chi connectivity index (χ1n) is 9.11. The third-order valence-electron chi connectivity index (χ3n) is 4.48. The minimum absolute atomic E-state index is 0.364. The van der Waals surface area contributed by atoms with Gasteiger partial charge in [0.2, 0.25) is 10.0 Å². The molecule has 2 aromatic carbocycles. The van der Waals surface area contributed by atoms with Crippen molar-refractivity contribution in [3.8, 4) is 5.75 Å². The van der Waals surface area contributed by atoms with Gasteiger partial charge < -0.3 is 14.9 Å². The number of carboxylic acids is 2. The lowest BCUT2D eigenvalue weighted by atomic mass is 10.2. The molecule has 0 unspecified atom stereocenters. The van der Waals surface area contributed by atoms with Crippen LogP contribution in [0, 0.1) is 0 Å². The zero-order chi connectivity index (χ0) is 22.1. The van der Waals surface area contributed by atoms with E-state index in [1.54, 1.807) is 35.7 Å². The van der Waals surface area contributed by atoms with Crippen molar-refractivity contribution in [1.82, 2.24) is 9.21 Å². The topological polar surface area (TPSA) is 124 Å². The van der Waals surface area contributed by atoms with Gasteiger partial charge >= 0.3 is 11.9 Å². The average molecular weight is 436 g/mol. The molecule has 0 atom stereocenters. The summed E-state index contributed by atoms with van der Waals surface area (Å²) in [7, 11) is -1.72. The first-order chi connectivity index (χ1) is 14.3. The molecule has 162 valence electrons. The second kappa shape index (κ2) is 10.7. The molecule has 10 heteroatoms. The number of carbonyl (C=O) groups is 2. The van der Waals surface area contributed by atoms with Crippen molar-refractivity contribution < 1.29 is 33.0 Å². The fraction of sp³-hybridized carbons (Fsp3) is 0.300. The molecule has 0 bridgehead atoms. The Kier molecular flexibility index (Phi) is 8.34. The van der Waals surface area contributed by atoms with Crippen LogP contribution in [0.4, 0.5) is 0 Å². The molecule has 0 saturated carbocycles. The van der Waals surface area contributed by atoms with E-state index in [2.05, 4.69) is 4.90 Å². The highest BCUT2D eigenvalue weighted by Crippen LogP contribution is 2.22. The summed E-state index contributed by atoms with van der Waals surface area (Å²) in [6.45, 7) is 3.20. The summed E-state index contributed by atoms with van der Waals surface area (Å²) in [5, 5.41) is 14.8. The molecule has 0 radical (unpaired) electrons. The lowest BCUT2D eigenvalue weighted by Gasteiger charge is -2.34. The Morgan fingerprint density at radius 1 is 0.900 bits per heavy atom. The standard InChI is InChI=1S/C18H22N2O3S.C2H2O4/c1-23-18-10-6-5-7-16(18)15-19-11-13-20(14-12-19)24(21,22)17-8-3-2-4-9-17;3-1(4)2(5)6/h2-10H,11-15H2,1H3;(H,3,4)(H,5,6). The smallest absolute Gasteiger partial charge is 0.414 e. The van der Waals surface area contributed by atoms with Gasteiger partial charge in [0, 0.05) is 38.3 Å². The second-order valence-corrected chi connectivity index (χ2v) is 8.35. The van der Waals surface area contributed by atoms with Crippen LogP contribution < -0.4 is 4.74 Å². The highest BCUT2D eigenvalue weighted by atomic mass is 32.2. The molecule has 0 aliphatic carbocycles. The van der Waals surface area contributed by atoms with E-state index in [-0.39, 0.29) is 0 Å². The summed E-state index contributed by atoms with van der Waals surface area (Å²) in [6.07, 6.45) is 0. The first-order valence-corrected chi connectivity index (χ1v) is 10.6. The largest absolute Gasteiger partial charge is 0.496 e. The number of nitrogens with zero attached hydrogens (tertiary/aromatic N) is 2. The number of rotatable bonds is 5. The molecule has 2 N–H and O–H groups in total. The van der Waals surface area contributed by atoms with Crippen LogP contribution in [0.3, 0.4) is 0 Å². The number of ether oxygens (including phenoxy) is 1. The van der Waals surface area contributed by atoms with E-state index in [0.29, 0.717) is 31.1 Å². The number of piperazine rings is 1. The Morgan fingerprint density at radius 2 is 1.43 bits per heavy atom.